The van der Waals surface area contributed by atoms with Crippen molar-refractivity contribution in [1.82, 2.24) is 0 Å². The SMILES string of the molecule is C=C(C)C[C@@H](c1ccccc1)[C@@H](O)CCCC. The zero-order chi connectivity index (χ0) is 12.7. The molecule has 1 heteroatoms. The Bertz CT molecular complexity index is 329. The van der Waals surface area contributed by atoms with Gasteiger partial charge in [-0.15, -0.1) is 6.58 Å². The van der Waals surface area contributed by atoms with Crippen LogP contribution in [0.15, 0.2) is 42.5 Å². The number of unbranched alkanes of at least 4 members (excludes halogenated alkanes) is 1. The van der Waals surface area contributed by atoms with E-state index in [9.17, 15) is 5.11 Å². The van der Waals surface area contributed by atoms with Crippen LogP contribution >= 0.6 is 0 Å². The van der Waals surface area contributed by atoms with Gasteiger partial charge in [0.2, 0.25) is 0 Å². The minimum atomic E-state index is -0.256. The highest BCUT2D eigenvalue weighted by molar-refractivity contribution is 5.22. The first-order chi connectivity index (χ1) is 8.15. The molecule has 1 aromatic carbocycles. The van der Waals surface area contributed by atoms with Gasteiger partial charge in [0.15, 0.2) is 0 Å². The number of hydrogen-bond acceptors (Lipinski definition) is 1. The van der Waals surface area contributed by atoms with Crippen LogP contribution < -0.4 is 0 Å². The molecule has 1 nitrogen and oxygen atoms in total. The van der Waals surface area contributed by atoms with Gasteiger partial charge < -0.3 is 5.11 Å². The van der Waals surface area contributed by atoms with Crippen molar-refractivity contribution in [3.8, 4) is 0 Å². The number of allylic oxidation sites excluding steroid dienone is 1. The van der Waals surface area contributed by atoms with Crippen LogP contribution in [0, 0.1) is 0 Å². The molecule has 0 saturated heterocycles. The standard InChI is InChI=1S/C16H24O/c1-4-5-11-16(17)15(12-13(2)3)14-9-7-6-8-10-14/h6-10,15-17H,2,4-5,11-12H2,1,3H3/t15-,16-/m0/s1. The molecule has 1 rings (SSSR count). The van der Waals surface area contributed by atoms with Crippen molar-refractivity contribution in [3.63, 3.8) is 0 Å². The molecule has 1 N–H and O–H groups in total. The van der Waals surface area contributed by atoms with Crippen LogP contribution in [-0.2, 0) is 0 Å². The maximum atomic E-state index is 10.3. The maximum absolute atomic E-state index is 10.3. The fourth-order valence-electron chi connectivity index (χ4n) is 2.17. The van der Waals surface area contributed by atoms with E-state index in [2.05, 4.69) is 25.6 Å². The van der Waals surface area contributed by atoms with Crippen LogP contribution in [0.4, 0.5) is 0 Å². The number of aliphatic hydroxyl groups is 1. The predicted molar refractivity (Wildman–Crippen MR) is 74.1 cm³/mol. The number of rotatable bonds is 7. The van der Waals surface area contributed by atoms with E-state index < -0.39 is 0 Å². The summed E-state index contributed by atoms with van der Waals surface area (Å²) >= 11 is 0. The second kappa shape index (κ2) is 7.29. The summed E-state index contributed by atoms with van der Waals surface area (Å²) in [6.45, 7) is 8.16. The van der Waals surface area contributed by atoms with Gasteiger partial charge in [-0.2, -0.15) is 0 Å². The normalized spacial score (nSPS) is 14.3. The Morgan fingerprint density at radius 1 is 1.29 bits per heavy atom. The number of benzene rings is 1. The lowest BCUT2D eigenvalue weighted by molar-refractivity contribution is 0.130. The van der Waals surface area contributed by atoms with Gasteiger partial charge in [-0.3, -0.25) is 0 Å². The molecule has 0 aliphatic heterocycles. The fraction of sp³-hybridized carbons (Fsp3) is 0.500. The summed E-state index contributed by atoms with van der Waals surface area (Å²) < 4.78 is 0. The van der Waals surface area contributed by atoms with Crippen molar-refractivity contribution in [1.29, 1.82) is 0 Å². The second-order valence-corrected chi connectivity index (χ2v) is 4.89. The van der Waals surface area contributed by atoms with Crippen molar-refractivity contribution in [2.45, 2.75) is 51.6 Å². The van der Waals surface area contributed by atoms with Crippen LogP contribution in [0.5, 0.6) is 0 Å². The van der Waals surface area contributed by atoms with Gasteiger partial charge in [0.25, 0.3) is 0 Å². The van der Waals surface area contributed by atoms with Crippen molar-refractivity contribution in [2.75, 3.05) is 0 Å². The van der Waals surface area contributed by atoms with E-state index in [1.165, 1.54) is 5.56 Å². The van der Waals surface area contributed by atoms with Gasteiger partial charge in [-0.1, -0.05) is 55.7 Å². The molecule has 0 fully saturated rings. The Labute approximate surface area is 105 Å². The molecule has 0 saturated carbocycles. The lowest BCUT2D eigenvalue weighted by Crippen LogP contribution is -2.18. The van der Waals surface area contributed by atoms with Crippen molar-refractivity contribution in [2.24, 2.45) is 0 Å². The third kappa shape index (κ3) is 4.74. The molecule has 17 heavy (non-hydrogen) atoms. The topological polar surface area (TPSA) is 20.2 Å². The zero-order valence-corrected chi connectivity index (χ0v) is 11.0. The summed E-state index contributed by atoms with van der Waals surface area (Å²) in [5, 5.41) is 10.3. The molecule has 0 aliphatic rings. The molecule has 94 valence electrons. The monoisotopic (exact) mass is 232 g/mol. The van der Waals surface area contributed by atoms with Crippen LogP contribution in [-0.4, -0.2) is 11.2 Å². The van der Waals surface area contributed by atoms with Crippen LogP contribution in [0.2, 0.25) is 0 Å². The first-order valence-electron chi connectivity index (χ1n) is 6.52. The van der Waals surface area contributed by atoms with Gasteiger partial charge in [-0.25, -0.2) is 0 Å². The Hall–Kier alpha value is -1.08. The largest absolute Gasteiger partial charge is 0.392 e. The summed E-state index contributed by atoms with van der Waals surface area (Å²) in [5.41, 5.74) is 2.36. The molecule has 0 heterocycles. The molecule has 0 amide bonds. The van der Waals surface area contributed by atoms with Crippen molar-refractivity contribution < 1.29 is 5.11 Å². The number of hydrogen-bond donors (Lipinski definition) is 1. The summed E-state index contributed by atoms with van der Waals surface area (Å²) in [4.78, 5) is 0. The van der Waals surface area contributed by atoms with Gasteiger partial charge in [-0.05, 0) is 25.3 Å². The van der Waals surface area contributed by atoms with Crippen LogP contribution in [0.25, 0.3) is 0 Å². The summed E-state index contributed by atoms with van der Waals surface area (Å²) in [5.74, 6) is 0.195. The van der Waals surface area contributed by atoms with E-state index in [1.54, 1.807) is 0 Å². The Morgan fingerprint density at radius 3 is 2.47 bits per heavy atom. The zero-order valence-electron chi connectivity index (χ0n) is 11.0. The maximum Gasteiger partial charge on any atom is 0.0611 e. The smallest absolute Gasteiger partial charge is 0.0611 e. The highest BCUT2D eigenvalue weighted by Gasteiger charge is 2.20. The lowest BCUT2D eigenvalue weighted by Gasteiger charge is -2.23. The van der Waals surface area contributed by atoms with Crippen LogP contribution in [0.1, 0.15) is 51.0 Å². The average Bonchev–Trinajstić information content (AvgIpc) is 2.34. The third-order valence-electron chi connectivity index (χ3n) is 3.11. The molecule has 0 radical (unpaired) electrons. The first-order valence-corrected chi connectivity index (χ1v) is 6.52. The molecule has 0 aliphatic carbocycles. The van der Waals surface area contributed by atoms with Gasteiger partial charge >= 0.3 is 0 Å². The van der Waals surface area contributed by atoms with Gasteiger partial charge in [0, 0.05) is 5.92 Å². The second-order valence-electron chi connectivity index (χ2n) is 4.89. The van der Waals surface area contributed by atoms with E-state index in [4.69, 9.17) is 0 Å². The Morgan fingerprint density at radius 2 is 1.94 bits per heavy atom. The minimum absolute atomic E-state index is 0.195. The van der Waals surface area contributed by atoms with E-state index >= 15 is 0 Å². The van der Waals surface area contributed by atoms with E-state index in [0.717, 1.165) is 31.3 Å². The molecular formula is C16H24O. The summed E-state index contributed by atoms with van der Waals surface area (Å²) in [6.07, 6.45) is 3.71. The van der Waals surface area contributed by atoms with Crippen molar-refractivity contribution >= 4 is 0 Å². The quantitative estimate of drug-likeness (QED) is 0.695. The Balaban J connectivity index is 2.76. The van der Waals surface area contributed by atoms with Gasteiger partial charge in [0.1, 0.15) is 0 Å². The molecular weight excluding hydrogens is 208 g/mol. The molecule has 0 bridgehead atoms. The van der Waals surface area contributed by atoms with Gasteiger partial charge in [0.05, 0.1) is 6.10 Å². The van der Waals surface area contributed by atoms with Crippen LogP contribution in [0.3, 0.4) is 0 Å². The number of aliphatic hydroxyl groups excluding tert-OH is 1. The Kier molecular flexibility index (Phi) is 5.99. The van der Waals surface area contributed by atoms with Crippen molar-refractivity contribution in [3.05, 3.63) is 48.0 Å². The third-order valence-corrected chi connectivity index (χ3v) is 3.11. The fourth-order valence-corrected chi connectivity index (χ4v) is 2.17. The molecule has 2 atom stereocenters. The summed E-state index contributed by atoms with van der Waals surface area (Å²) in [7, 11) is 0. The van der Waals surface area contributed by atoms with E-state index in [1.807, 2.05) is 25.1 Å². The molecule has 0 spiro atoms. The average molecular weight is 232 g/mol. The van der Waals surface area contributed by atoms with E-state index in [-0.39, 0.29) is 12.0 Å². The highest BCUT2D eigenvalue weighted by Crippen LogP contribution is 2.28. The lowest BCUT2D eigenvalue weighted by atomic mass is 9.86. The highest BCUT2D eigenvalue weighted by atomic mass is 16.3. The molecule has 1 aromatic rings. The predicted octanol–water partition coefficient (Wildman–Crippen LogP) is 4.29. The van der Waals surface area contributed by atoms with E-state index in [0.29, 0.717) is 0 Å². The molecule has 0 unspecified atom stereocenters. The summed E-state index contributed by atoms with van der Waals surface area (Å²) in [6, 6.07) is 10.3. The minimum Gasteiger partial charge on any atom is -0.392 e. The molecule has 0 aromatic heterocycles. The first kappa shape index (κ1) is 14.0.